The predicted octanol–water partition coefficient (Wildman–Crippen LogP) is 1.99. The van der Waals surface area contributed by atoms with Crippen molar-refractivity contribution in [3.05, 3.63) is 48.6 Å². The molecular formula is C14H19N3OS2. The van der Waals surface area contributed by atoms with Gasteiger partial charge in [-0.3, -0.25) is 15.6 Å². The highest BCUT2D eigenvalue weighted by Crippen LogP contribution is 2.12. The Kier molecular flexibility index (Phi) is 8.49. The summed E-state index contributed by atoms with van der Waals surface area (Å²) in [6.07, 6.45) is 2.14. The molecule has 0 radical (unpaired) electrons. The van der Waals surface area contributed by atoms with Gasteiger partial charge in [0.1, 0.15) is 0 Å². The quantitative estimate of drug-likeness (QED) is 0.311. The Morgan fingerprint density at radius 2 is 2.05 bits per heavy atom. The van der Waals surface area contributed by atoms with Gasteiger partial charge in [-0.2, -0.15) is 11.8 Å². The molecule has 20 heavy (non-hydrogen) atoms. The number of hydrazine groups is 1. The summed E-state index contributed by atoms with van der Waals surface area (Å²) in [5, 5.41) is 3.24. The molecule has 0 saturated carbocycles. The van der Waals surface area contributed by atoms with E-state index in [9.17, 15) is 4.79 Å². The maximum absolute atomic E-state index is 11.5. The molecule has 0 aliphatic heterocycles. The normalized spacial score (nSPS) is 9.60. The van der Waals surface area contributed by atoms with Crippen molar-refractivity contribution in [1.82, 2.24) is 16.2 Å². The van der Waals surface area contributed by atoms with Crippen molar-refractivity contribution in [3.8, 4) is 0 Å². The van der Waals surface area contributed by atoms with Gasteiger partial charge in [0, 0.05) is 24.5 Å². The summed E-state index contributed by atoms with van der Waals surface area (Å²) >= 11 is 6.68. The molecule has 6 heteroatoms. The molecule has 0 aliphatic carbocycles. The Balaban J connectivity index is 2.05. The first-order valence-corrected chi connectivity index (χ1v) is 7.84. The second-order valence-electron chi connectivity index (χ2n) is 3.96. The Bertz CT molecular complexity index is 437. The number of thiocarbonyl (C=S) groups is 1. The van der Waals surface area contributed by atoms with Crippen molar-refractivity contribution >= 4 is 35.0 Å². The summed E-state index contributed by atoms with van der Waals surface area (Å²) in [5.41, 5.74) is 6.46. The molecule has 0 atom stereocenters. The van der Waals surface area contributed by atoms with Gasteiger partial charge < -0.3 is 5.32 Å². The zero-order chi connectivity index (χ0) is 14.6. The lowest BCUT2D eigenvalue weighted by Crippen LogP contribution is -2.46. The summed E-state index contributed by atoms with van der Waals surface area (Å²) in [7, 11) is 0. The van der Waals surface area contributed by atoms with E-state index < -0.39 is 0 Å². The van der Waals surface area contributed by atoms with Crippen LogP contribution in [0.1, 0.15) is 12.0 Å². The Labute approximate surface area is 129 Å². The highest BCUT2D eigenvalue weighted by atomic mass is 32.2. The zero-order valence-corrected chi connectivity index (χ0v) is 12.9. The molecule has 4 nitrogen and oxygen atoms in total. The lowest BCUT2D eigenvalue weighted by molar-refractivity contribution is -0.121. The van der Waals surface area contributed by atoms with Crippen LogP contribution in [0.5, 0.6) is 0 Å². The van der Waals surface area contributed by atoms with Crippen LogP contribution in [0.25, 0.3) is 0 Å². The van der Waals surface area contributed by atoms with E-state index in [1.54, 1.807) is 17.8 Å². The fraction of sp³-hybridized carbons (Fsp3) is 0.286. The maximum Gasteiger partial charge on any atom is 0.239 e. The maximum atomic E-state index is 11.5. The van der Waals surface area contributed by atoms with Gasteiger partial charge >= 0.3 is 0 Å². The van der Waals surface area contributed by atoms with Crippen LogP contribution in [0.3, 0.4) is 0 Å². The first-order valence-electron chi connectivity index (χ1n) is 6.27. The fourth-order valence-electron chi connectivity index (χ4n) is 1.33. The number of rotatable bonds is 7. The first kappa shape index (κ1) is 16.5. The largest absolute Gasteiger partial charge is 0.358 e. The average molecular weight is 309 g/mol. The molecular weight excluding hydrogens is 290 g/mol. The van der Waals surface area contributed by atoms with Crippen molar-refractivity contribution in [2.75, 3.05) is 12.3 Å². The molecule has 3 N–H and O–H groups in total. The van der Waals surface area contributed by atoms with Gasteiger partial charge in [-0.25, -0.2) is 0 Å². The van der Waals surface area contributed by atoms with E-state index in [-0.39, 0.29) is 5.91 Å². The van der Waals surface area contributed by atoms with E-state index in [4.69, 9.17) is 12.2 Å². The second kappa shape index (κ2) is 10.3. The molecule has 0 aromatic heterocycles. The van der Waals surface area contributed by atoms with Crippen molar-refractivity contribution in [3.63, 3.8) is 0 Å². The third-order valence-corrected chi connectivity index (χ3v) is 3.58. The molecule has 0 aliphatic rings. The summed E-state index contributed by atoms with van der Waals surface area (Å²) in [6.45, 7) is 4.13. The van der Waals surface area contributed by atoms with Gasteiger partial charge in [-0.05, 0) is 17.8 Å². The fourth-order valence-corrected chi connectivity index (χ4v) is 2.36. The highest BCUT2D eigenvalue weighted by molar-refractivity contribution is 7.98. The number of amides is 1. The summed E-state index contributed by atoms with van der Waals surface area (Å²) in [5.74, 6) is 1.61. The van der Waals surface area contributed by atoms with Crippen LogP contribution in [-0.2, 0) is 10.5 Å². The van der Waals surface area contributed by atoms with Crippen LogP contribution >= 0.6 is 24.0 Å². The van der Waals surface area contributed by atoms with Crippen molar-refractivity contribution in [2.24, 2.45) is 0 Å². The molecule has 0 fully saturated rings. The van der Waals surface area contributed by atoms with Gasteiger partial charge in [0.2, 0.25) is 5.91 Å². The molecule has 0 unspecified atom stereocenters. The Morgan fingerprint density at radius 3 is 2.75 bits per heavy atom. The molecule has 1 aromatic rings. The first-order chi connectivity index (χ1) is 9.72. The van der Waals surface area contributed by atoms with Crippen LogP contribution in [0.2, 0.25) is 0 Å². The topological polar surface area (TPSA) is 53.2 Å². The molecule has 108 valence electrons. The number of carbonyl (C=O) groups is 1. The zero-order valence-electron chi connectivity index (χ0n) is 11.2. The van der Waals surface area contributed by atoms with Gasteiger partial charge in [0.15, 0.2) is 5.11 Å². The molecule has 1 rings (SSSR count). The third kappa shape index (κ3) is 7.81. The van der Waals surface area contributed by atoms with E-state index >= 15 is 0 Å². The van der Waals surface area contributed by atoms with Crippen LogP contribution in [-0.4, -0.2) is 23.3 Å². The minimum atomic E-state index is -0.0756. The van der Waals surface area contributed by atoms with Gasteiger partial charge in [0.25, 0.3) is 0 Å². The third-order valence-electron chi connectivity index (χ3n) is 2.31. The van der Waals surface area contributed by atoms with Crippen LogP contribution in [0.15, 0.2) is 43.0 Å². The van der Waals surface area contributed by atoms with E-state index in [2.05, 4.69) is 34.9 Å². The van der Waals surface area contributed by atoms with Gasteiger partial charge in [-0.15, -0.1) is 6.58 Å². The molecule has 1 aromatic carbocycles. The Morgan fingerprint density at radius 1 is 1.30 bits per heavy atom. The van der Waals surface area contributed by atoms with E-state index in [1.807, 2.05) is 18.2 Å². The lowest BCUT2D eigenvalue weighted by Gasteiger charge is -2.10. The van der Waals surface area contributed by atoms with E-state index in [1.165, 1.54) is 5.56 Å². The predicted molar refractivity (Wildman–Crippen MR) is 89.3 cm³/mol. The standard InChI is InChI=1S/C14H19N3OS2/c1-2-9-15-14(19)17-16-13(18)8-10-20-11-12-6-4-3-5-7-12/h2-7H,1,8-11H2,(H,16,18)(H2,15,17,19). The van der Waals surface area contributed by atoms with Crippen molar-refractivity contribution in [1.29, 1.82) is 0 Å². The molecule has 0 heterocycles. The SMILES string of the molecule is C=CCNC(=S)NNC(=O)CCSCc1ccccc1. The number of carbonyl (C=O) groups excluding carboxylic acids is 1. The monoisotopic (exact) mass is 309 g/mol. The molecule has 0 spiro atoms. The summed E-state index contributed by atoms with van der Waals surface area (Å²) in [4.78, 5) is 11.5. The minimum Gasteiger partial charge on any atom is -0.358 e. The highest BCUT2D eigenvalue weighted by Gasteiger charge is 2.01. The average Bonchev–Trinajstić information content (AvgIpc) is 2.48. The Hall–Kier alpha value is -1.53. The molecule has 1 amide bonds. The second-order valence-corrected chi connectivity index (χ2v) is 5.47. The van der Waals surface area contributed by atoms with E-state index in [0.717, 1.165) is 11.5 Å². The number of thioether (sulfide) groups is 1. The molecule has 0 saturated heterocycles. The summed E-state index contributed by atoms with van der Waals surface area (Å²) < 4.78 is 0. The minimum absolute atomic E-state index is 0.0756. The van der Waals surface area contributed by atoms with E-state index in [0.29, 0.717) is 18.1 Å². The number of benzene rings is 1. The van der Waals surface area contributed by atoms with Crippen molar-refractivity contribution < 1.29 is 4.79 Å². The van der Waals surface area contributed by atoms with Gasteiger partial charge in [-0.1, -0.05) is 36.4 Å². The van der Waals surface area contributed by atoms with Gasteiger partial charge in [0.05, 0.1) is 0 Å². The summed E-state index contributed by atoms with van der Waals surface area (Å²) in [6, 6.07) is 10.2. The number of nitrogens with one attached hydrogen (secondary N) is 3. The van der Waals surface area contributed by atoms with Crippen LogP contribution < -0.4 is 16.2 Å². The van der Waals surface area contributed by atoms with Crippen molar-refractivity contribution in [2.45, 2.75) is 12.2 Å². The molecule has 0 bridgehead atoms. The number of hydrogen-bond acceptors (Lipinski definition) is 3. The lowest BCUT2D eigenvalue weighted by atomic mass is 10.2. The smallest absolute Gasteiger partial charge is 0.239 e. The number of hydrogen-bond donors (Lipinski definition) is 3. The van der Waals surface area contributed by atoms with Crippen LogP contribution in [0, 0.1) is 0 Å². The van der Waals surface area contributed by atoms with Crippen LogP contribution in [0.4, 0.5) is 0 Å².